The molecule has 2 radical (unpaired) electrons. The van der Waals surface area contributed by atoms with E-state index in [0.717, 1.165) is 16.9 Å². The predicted octanol–water partition coefficient (Wildman–Crippen LogP) is 2.53. The fourth-order valence-corrected chi connectivity index (χ4v) is 1.95. The van der Waals surface area contributed by atoms with Crippen LogP contribution in [0.5, 0.6) is 5.75 Å². The summed E-state index contributed by atoms with van der Waals surface area (Å²) in [6.45, 7) is 12.1. The maximum atomic E-state index is 11.6. The third-order valence-electron chi connectivity index (χ3n) is 2.90. The van der Waals surface area contributed by atoms with Gasteiger partial charge in [0.25, 0.3) is 0 Å². The van der Waals surface area contributed by atoms with Gasteiger partial charge < -0.3 is 15.3 Å². The Labute approximate surface area is 136 Å². The Hall–Kier alpha value is -1.49. The van der Waals surface area contributed by atoms with Crippen molar-refractivity contribution < 1.29 is 9.53 Å². The molecule has 1 atom stereocenters. The zero-order valence-electron chi connectivity index (χ0n) is 14.9. The summed E-state index contributed by atoms with van der Waals surface area (Å²) in [5.74, 6) is 0.644. The van der Waals surface area contributed by atoms with E-state index in [9.17, 15) is 4.79 Å². The van der Waals surface area contributed by atoms with Crippen molar-refractivity contribution in [2.24, 2.45) is 0 Å². The molecule has 0 unspecified atom stereocenters. The van der Waals surface area contributed by atoms with E-state index in [1.807, 2.05) is 59.7 Å². The molecule has 0 aliphatic heterocycles. The Balaban J connectivity index is 0.00000211. The van der Waals surface area contributed by atoms with Crippen LogP contribution in [-0.4, -0.2) is 32.6 Å². The SMILES string of the molecule is CC.[B]NC(=O)[C@H](Cc1ccc(OC(C)(C)C)c(C)c1)NC. The highest BCUT2D eigenvalue weighted by atomic mass is 16.5. The van der Waals surface area contributed by atoms with Gasteiger partial charge in [-0.3, -0.25) is 4.79 Å². The van der Waals surface area contributed by atoms with E-state index in [2.05, 4.69) is 10.5 Å². The van der Waals surface area contributed by atoms with Crippen molar-refractivity contribution in [2.75, 3.05) is 7.05 Å². The molecule has 22 heavy (non-hydrogen) atoms. The zero-order valence-corrected chi connectivity index (χ0v) is 14.9. The smallest absolute Gasteiger partial charge is 0.226 e. The molecule has 1 rings (SSSR count). The number of nitrogens with one attached hydrogen (secondary N) is 2. The quantitative estimate of drug-likeness (QED) is 0.822. The molecule has 0 fully saturated rings. The number of carbonyl (C=O) groups excluding carboxylic acids is 1. The minimum Gasteiger partial charge on any atom is -0.488 e. The van der Waals surface area contributed by atoms with Crippen LogP contribution in [-0.2, 0) is 11.2 Å². The number of ether oxygens (including phenoxy) is 1. The van der Waals surface area contributed by atoms with Crippen molar-refractivity contribution in [2.45, 2.75) is 59.6 Å². The summed E-state index contributed by atoms with van der Waals surface area (Å²) in [5, 5.41) is 5.12. The maximum absolute atomic E-state index is 11.6. The fourth-order valence-electron chi connectivity index (χ4n) is 1.95. The van der Waals surface area contributed by atoms with Crippen LogP contribution < -0.4 is 15.3 Å². The summed E-state index contributed by atoms with van der Waals surface area (Å²) in [6.07, 6.45) is 0.580. The van der Waals surface area contributed by atoms with Gasteiger partial charge in [-0.05, 0) is 58.4 Å². The zero-order chi connectivity index (χ0) is 17.3. The van der Waals surface area contributed by atoms with Crippen molar-refractivity contribution in [1.82, 2.24) is 10.5 Å². The van der Waals surface area contributed by atoms with Gasteiger partial charge in [0.05, 0.1) is 6.04 Å². The van der Waals surface area contributed by atoms with Gasteiger partial charge in [0.15, 0.2) is 0 Å². The van der Waals surface area contributed by atoms with Crippen LogP contribution in [0.15, 0.2) is 18.2 Å². The van der Waals surface area contributed by atoms with Gasteiger partial charge in [-0.2, -0.15) is 0 Å². The first-order valence-corrected chi connectivity index (χ1v) is 7.73. The van der Waals surface area contributed by atoms with E-state index in [1.54, 1.807) is 7.05 Å². The van der Waals surface area contributed by atoms with Gasteiger partial charge in [-0.15, -0.1) is 0 Å². The average Bonchev–Trinajstić information content (AvgIpc) is 2.47. The van der Waals surface area contributed by atoms with E-state index >= 15 is 0 Å². The molecular formula is C17H29BN2O2. The van der Waals surface area contributed by atoms with Crippen LogP contribution >= 0.6 is 0 Å². The number of hydrogen-bond acceptors (Lipinski definition) is 3. The van der Waals surface area contributed by atoms with E-state index in [0.29, 0.717) is 6.42 Å². The van der Waals surface area contributed by atoms with Crippen LogP contribution in [0.2, 0.25) is 0 Å². The third-order valence-corrected chi connectivity index (χ3v) is 2.90. The normalized spacial score (nSPS) is 12.0. The number of aryl methyl sites for hydroxylation is 1. The van der Waals surface area contributed by atoms with E-state index < -0.39 is 0 Å². The highest BCUT2D eigenvalue weighted by Gasteiger charge is 2.17. The molecule has 0 bridgehead atoms. The van der Waals surface area contributed by atoms with Crippen LogP contribution in [0.4, 0.5) is 0 Å². The molecule has 5 heteroatoms. The van der Waals surface area contributed by atoms with E-state index in [1.165, 1.54) is 0 Å². The summed E-state index contributed by atoms with van der Waals surface area (Å²) in [4.78, 5) is 11.6. The minimum atomic E-state index is -0.339. The molecule has 1 aromatic carbocycles. The lowest BCUT2D eigenvalue weighted by atomic mass is 10.0. The topological polar surface area (TPSA) is 50.4 Å². The first-order chi connectivity index (χ1) is 10.3. The Kier molecular flexibility index (Phi) is 8.87. The number of carbonyl (C=O) groups is 1. The van der Waals surface area contributed by atoms with Gasteiger partial charge in [-0.1, -0.05) is 26.0 Å². The summed E-state index contributed by atoms with van der Waals surface area (Å²) in [6, 6.07) is 5.62. The molecule has 0 aliphatic rings. The standard InChI is InChI=1S/C15H23BN2O2.C2H6/c1-10-8-11(9-12(17-5)14(19)18-16)6-7-13(10)20-15(2,3)4;1-2/h6-8,12,17H,9H2,1-5H3,(H,18,19);1-2H3/t12-;/m0./s1. The second-order valence-electron chi connectivity index (χ2n) is 5.87. The number of benzene rings is 1. The van der Waals surface area contributed by atoms with Crippen molar-refractivity contribution in [3.8, 4) is 5.75 Å². The molecule has 0 heterocycles. The lowest BCUT2D eigenvalue weighted by Gasteiger charge is -2.23. The van der Waals surface area contributed by atoms with Gasteiger partial charge in [0.2, 0.25) is 13.9 Å². The largest absolute Gasteiger partial charge is 0.488 e. The number of likely N-dealkylation sites (N-methyl/N-ethyl adjacent to an activating group) is 1. The van der Waals surface area contributed by atoms with Crippen LogP contribution in [0.25, 0.3) is 0 Å². The minimum absolute atomic E-state index is 0.222. The molecule has 0 saturated carbocycles. The first kappa shape index (κ1) is 20.5. The molecule has 0 spiro atoms. The highest BCUT2D eigenvalue weighted by molar-refractivity contribution is 6.15. The number of amides is 1. The first-order valence-electron chi connectivity index (χ1n) is 7.73. The van der Waals surface area contributed by atoms with Crippen LogP contribution in [0, 0.1) is 6.92 Å². The fraction of sp³-hybridized carbons (Fsp3) is 0.588. The lowest BCUT2D eigenvalue weighted by Crippen LogP contribution is -2.43. The second kappa shape index (κ2) is 9.52. The molecular weight excluding hydrogens is 275 g/mol. The summed E-state index contributed by atoms with van der Waals surface area (Å²) >= 11 is 0. The lowest BCUT2D eigenvalue weighted by molar-refractivity contribution is -0.121. The van der Waals surface area contributed by atoms with Crippen molar-refractivity contribution in [3.05, 3.63) is 29.3 Å². The van der Waals surface area contributed by atoms with Crippen molar-refractivity contribution in [1.29, 1.82) is 0 Å². The van der Waals surface area contributed by atoms with Crippen LogP contribution in [0.1, 0.15) is 45.7 Å². The number of hydrogen-bond donors (Lipinski definition) is 2. The molecule has 4 nitrogen and oxygen atoms in total. The van der Waals surface area contributed by atoms with Gasteiger partial charge in [0.1, 0.15) is 11.4 Å². The van der Waals surface area contributed by atoms with Crippen LogP contribution in [0.3, 0.4) is 0 Å². The Morgan fingerprint density at radius 2 is 1.91 bits per heavy atom. The predicted molar refractivity (Wildman–Crippen MR) is 93.4 cm³/mol. The second-order valence-corrected chi connectivity index (χ2v) is 5.87. The molecule has 122 valence electrons. The molecule has 2 N–H and O–H groups in total. The Morgan fingerprint density at radius 3 is 2.32 bits per heavy atom. The summed E-state index contributed by atoms with van der Waals surface area (Å²) in [7, 11) is 6.91. The molecule has 0 aliphatic carbocycles. The highest BCUT2D eigenvalue weighted by Crippen LogP contribution is 2.24. The van der Waals surface area contributed by atoms with Gasteiger partial charge in [0, 0.05) is 0 Å². The summed E-state index contributed by atoms with van der Waals surface area (Å²) in [5.41, 5.74) is 1.89. The molecule has 1 aromatic rings. The molecule has 0 saturated heterocycles. The van der Waals surface area contributed by atoms with Crippen molar-refractivity contribution in [3.63, 3.8) is 0 Å². The van der Waals surface area contributed by atoms with E-state index in [-0.39, 0.29) is 17.6 Å². The monoisotopic (exact) mass is 304 g/mol. The van der Waals surface area contributed by atoms with E-state index in [4.69, 9.17) is 12.7 Å². The van der Waals surface area contributed by atoms with Gasteiger partial charge >= 0.3 is 0 Å². The van der Waals surface area contributed by atoms with Gasteiger partial charge in [-0.25, -0.2) is 0 Å². The average molecular weight is 304 g/mol. The maximum Gasteiger partial charge on any atom is 0.226 e. The molecule has 1 amide bonds. The third kappa shape index (κ3) is 6.99. The molecule has 0 aromatic heterocycles. The number of rotatable bonds is 5. The summed E-state index contributed by atoms with van der Waals surface area (Å²) < 4.78 is 5.87. The van der Waals surface area contributed by atoms with Crippen molar-refractivity contribution >= 4 is 13.9 Å². The Morgan fingerprint density at radius 1 is 1.32 bits per heavy atom. The Bertz CT molecular complexity index is 470.